The number of aliphatic hydroxyl groups is 11. The van der Waals surface area contributed by atoms with E-state index >= 15 is 0 Å². The second-order valence-corrected chi connectivity index (χ2v) is 25.3. The van der Waals surface area contributed by atoms with Gasteiger partial charge in [-0.1, -0.05) is 232 Å². The van der Waals surface area contributed by atoms with E-state index in [1.165, 1.54) is 83.5 Å². The number of hydrogen-bond acceptors (Lipinski definition) is 18. The monoisotopic (exact) mass is 1340 g/mol. The first-order valence-electron chi connectivity index (χ1n) is 36.3. The van der Waals surface area contributed by atoms with E-state index < -0.39 is 124 Å². The number of nitrogens with one attached hydrogen (secondary N) is 1. The molecule has 3 rings (SSSR count). The molecular formula is C76H127NO18. The summed E-state index contributed by atoms with van der Waals surface area (Å²) >= 11 is 0. The topological polar surface area (TPSA) is 307 Å². The molecule has 0 saturated carbocycles. The number of amides is 1. The number of carbonyl (C=O) groups is 1. The van der Waals surface area contributed by atoms with Gasteiger partial charge in [0.25, 0.3) is 0 Å². The van der Waals surface area contributed by atoms with Gasteiger partial charge >= 0.3 is 0 Å². The zero-order valence-electron chi connectivity index (χ0n) is 57.6. The summed E-state index contributed by atoms with van der Waals surface area (Å²) in [5.74, 6) is -0.295. The van der Waals surface area contributed by atoms with Crippen LogP contribution >= 0.6 is 0 Å². The lowest BCUT2D eigenvalue weighted by Gasteiger charge is -2.48. The Kier molecular flexibility index (Phi) is 50.3. The maximum atomic E-state index is 13.4. The molecule has 0 aromatic carbocycles. The number of rotatable bonds is 54. The van der Waals surface area contributed by atoms with Gasteiger partial charge in [0.05, 0.1) is 38.6 Å². The largest absolute Gasteiger partial charge is 0.394 e. The second-order valence-electron chi connectivity index (χ2n) is 25.3. The first-order valence-corrected chi connectivity index (χ1v) is 36.3. The van der Waals surface area contributed by atoms with Crippen molar-refractivity contribution in [2.75, 3.05) is 26.4 Å². The van der Waals surface area contributed by atoms with Crippen LogP contribution in [-0.2, 0) is 33.2 Å². The predicted octanol–water partition coefficient (Wildman–Crippen LogP) is 10.4. The van der Waals surface area contributed by atoms with Gasteiger partial charge in [-0.15, -0.1) is 0 Å². The SMILES string of the molecule is CC/C=C\C/C=C\C/C=C\C/C=C\C/C=C\C/C=C\C/C=C\CCCCCCCCCCCCCCCCCC(=O)NC(COC1OC(CO)C(OC2OC(CO)C(OC3OC(CO)C(O)C(O)C3O)C(O)C2O)C(O)C1O)C(O)/C=C/CC/C=C/CC/C=C/CCCCC. The Morgan fingerprint density at radius 1 is 0.389 bits per heavy atom. The number of allylic oxidation sites excluding steroid dienone is 19. The van der Waals surface area contributed by atoms with Crippen LogP contribution < -0.4 is 5.32 Å². The van der Waals surface area contributed by atoms with Crippen LogP contribution in [0.1, 0.15) is 219 Å². The highest BCUT2D eigenvalue weighted by Crippen LogP contribution is 2.33. The molecule has 0 spiro atoms. The lowest BCUT2D eigenvalue weighted by atomic mass is 9.96. The highest BCUT2D eigenvalue weighted by molar-refractivity contribution is 5.76. The van der Waals surface area contributed by atoms with Crippen LogP contribution in [0.2, 0.25) is 0 Å². The van der Waals surface area contributed by atoms with Crippen molar-refractivity contribution in [1.82, 2.24) is 5.32 Å². The molecular weight excluding hydrogens is 1210 g/mol. The number of unbranched alkanes of at least 4 members (excludes halogenated alkanes) is 20. The molecule has 17 unspecified atom stereocenters. The van der Waals surface area contributed by atoms with Gasteiger partial charge in [0.1, 0.15) is 73.2 Å². The zero-order valence-corrected chi connectivity index (χ0v) is 57.6. The van der Waals surface area contributed by atoms with Crippen molar-refractivity contribution in [3.8, 4) is 0 Å². The Labute approximate surface area is 569 Å². The molecule has 0 aromatic rings. The molecule has 3 saturated heterocycles. The molecule has 19 nitrogen and oxygen atoms in total. The van der Waals surface area contributed by atoms with Gasteiger partial charge in [-0.05, 0) is 103 Å². The van der Waals surface area contributed by atoms with E-state index in [0.717, 1.165) is 103 Å². The molecule has 3 heterocycles. The molecule has 19 heteroatoms. The van der Waals surface area contributed by atoms with E-state index in [-0.39, 0.29) is 18.9 Å². The fraction of sp³-hybridized carbons (Fsp3) is 0.724. The molecule has 95 heavy (non-hydrogen) atoms. The second kappa shape index (κ2) is 56.0. The first-order chi connectivity index (χ1) is 46.3. The molecule has 3 aliphatic heterocycles. The third kappa shape index (κ3) is 37.3. The Bertz CT molecular complexity index is 2190. The van der Waals surface area contributed by atoms with Gasteiger partial charge in [0.15, 0.2) is 18.9 Å². The van der Waals surface area contributed by atoms with Crippen molar-refractivity contribution >= 4 is 5.91 Å². The summed E-state index contributed by atoms with van der Waals surface area (Å²) in [7, 11) is 0. The molecule has 3 fully saturated rings. The molecule has 544 valence electrons. The van der Waals surface area contributed by atoms with Crippen molar-refractivity contribution in [2.24, 2.45) is 0 Å². The summed E-state index contributed by atoms with van der Waals surface area (Å²) in [5, 5.41) is 120. The standard InChI is InChI=1S/C76H127NO18/c1-3-5-7-9-11-13-15-17-18-19-20-21-22-23-24-25-26-27-28-29-30-31-32-33-34-35-36-37-38-39-40-42-44-46-48-50-52-54-64(82)77-59(60(81)53-51-49-47-45-43-41-16-14-12-10-8-6-4-2)58-90-74-70(88)67(85)72(62(56-79)92-74)95-76-71(89)68(86)73(63(57-80)93-76)94-75-69(87)66(84)65(83)61(55-78)91-75/h5,7,11-14,17-18,20-21,23-24,26-27,29-30,43,45,51,53,59-63,65-76,78-81,83-89H,3-4,6,8-10,15-16,19,22,25,28,31-42,44,46-50,52,54-58H2,1-2H3,(H,77,82)/b7-5-,13-11-,14-12+,18-17-,21-20-,24-23-,27-26-,30-29-,45-43+,53-51+. The fourth-order valence-electron chi connectivity index (χ4n) is 11.4. The van der Waals surface area contributed by atoms with Crippen LogP contribution in [0.25, 0.3) is 0 Å². The van der Waals surface area contributed by atoms with Crippen LogP contribution in [0, 0.1) is 0 Å². The zero-order chi connectivity index (χ0) is 68.9. The van der Waals surface area contributed by atoms with E-state index in [1.807, 2.05) is 6.08 Å². The smallest absolute Gasteiger partial charge is 0.220 e. The van der Waals surface area contributed by atoms with E-state index in [0.29, 0.717) is 12.8 Å². The maximum absolute atomic E-state index is 13.4. The van der Waals surface area contributed by atoms with E-state index in [4.69, 9.17) is 28.4 Å². The van der Waals surface area contributed by atoms with Crippen molar-refractivity contribution in [3.05, 3.63) is 122 Å². The van der Waals surface area contributed by atoms with Crippen molar-refractivity contribution in [3.63, 3.8) is 0 Å². The van der Waals surface area contributed by atoms with Gasteiger partial charge in [-0.25, -0.2) is 0 Å². The lowest BCUT2D eigenvalue weighted by molar-refractivity contribution is -0.379. The van der Waals surface area contributed by atoms with Crippen LogP contribution in [0.15, 0.2) is 122 Å². The van der Waals surface area contributed by atoms with Gasteiger partial charge in [0.2, 0.25) is 5.91 Å². The Hall–Kier alpha value is -3.81. The predicted molar refractivity (Wildman–Crippen MR) is 373 cm³/mol. The highest BCUT2D eigenvalue weighted by Gasteiger charge is 2.53. The maximum Gasteiger partial charge on any atom is 0.220 e. The van der Waals surface area contributed by atoms with Crippen molar-refractivity contribution in [2.45, 2.75) is 324 Å². The van der Waals surface area contributed by atoms with E-state index in [9.17, 15) is 61.0 Å². The molecule has 1 amide bonds. The minimum absolute atomic E-state index is 0.225. The molecule has 0 bridgehead atoms. The average molecular weight is 1340 g/mol. The minimum Gasteiger partial charge on any atom is -0.394 e. The molecule has 0 aliphatic carbocycles. The number of carbonyl (C=O) groups excluding carboxylic acids is 1. The molecule has 0 radical (unpaired) electrons. The summed E-state index contributed by atoms with van der Waals surface area (Å²) in [5.41, 5.74) is 0. The van der Waals surface area contributed by atoms with E-state index in [1.54, 1.807) is 6.08 Å². The third-order valence-corrected chi connectivity index (χ3v) is 17.2. The number of hydrogen-bond donors (Lipinski definition) is 12. The summed E-state index contributed by atoms with van der Waals surface area (Å²) in [4.78, 5) is 13.4. The number of aliphatic hydroxyl groups excluding tert-OH is 11. The molecule has 3 aliphatic rings. The highest BCUT2D eigenvalue weighted by atomic mass is 16.8. The molecule has 17 atom stereocenters. The molecule has 12 N–H and O–H groups in total. The first kappa shape index (κ1) is 85.4. The average Bonchev–Trinajstić information content (AvgIpc) is 0.791. The van der Waals surface area contributed by atoms with Crippen LogP contribution in [0.4, 0.5) is 0 Å². The quantitative estimate of drug-likeness (QED) is 0.0199. The van der Waals surface area contributed by atoms with Crippen molar-refractivity contribution in [1.29, 1.82) is 0 Å². The molecule has 0 aromatic heterocycles. The Morgan fingerprint density at radius 3 is 1.18 bits per heavy atom. The Morgan fingerprint density at radius 2 is 0.737 bits per heavy atom. The van der Waals surface area contributed by atoms with Gasteiger partial charge in [0, 0.05) is 6.42 Å². The summed E-state index contributed by atoms with van der Waals surface area (Å²) in [6.07, 6.45) is 50.5. The van der Waals surface area contributed by atoms with Crippen molar-refractivity contribution < 1.29 is 89.4 Å². The Balaban J connectivity index is 1.34. The summed E-state index contributed by atoms with van der Waals surface area (Å²) in [6.45, 7) is 1.53. The van der Waals surface area contributed by atoms with E-state index in [2.05, 4.69) is 129 Å². The van der Waals surface area contributed by atoms with Gasteiger partial charge < -0.3 is 89.9 Å². The van der Waals surface area contributed by atoms with Crippen LogP contribution in [0.5, 0.6) is 0 Å². The fourth-order valence-corrected chi connectivity index (χ4v) is 11.4. The van der Waals surface area contributed by atoms with Crippen LogP contribution in [0.3, 0.4) is 0 Å². The number of ether oxygens (including phenoxy) is 6. The summed E-state index contributed by atoms with van der Waals surface area (Å²) in [6, 6.07) is -1.00. The normalized spacial score (nSPS) is 27.9. The third-order valence-electron chi connectivity index (χ3n) is 17.2. The van der Waals surface area contributed by atoms with Gasteiger partial charge in [-0.3, -0.25) is 4.79 Å². The van der Waals surface area contributed by atoms with Gasteiger partial charge in [-0.2, -0.15) is 0 Å². The van der Waals surface area contributed by atoms with Crippen LogP contribution in [-0.4, -0.2) is 193 Å². The minimum atomic E-state index is -1.99. The lowest BCUT2D eigenvalue weighted by Crippen LogP contribution is -2.66. The summed E-state index contributed by atoms with van der Waals surface area (Å²) < 4.78 is 34.3.